The first kappa shape index (κ1) is 21.2. The summed E-state index contributed by atoms with van der Waals surface area (Å²) in [6.07, 6.45) is 5.61. The van der Waals surface area contributed by atoms with E-state index in [9.17, 15) is 14.4 Å². The lowest BCUT2D eigenvalue weighted by molar-refractivity contribution is -0.137. The molecule has 1 aliphatic carbocycles. The Balaban J connectivity index is 1.38. The summed E-state index contributed by atoms with van der Waals surface area (Å²) < 4.78 is 5.21. The van der Waals surface area contributed by atoms with Gasteiger partial charge in [0.05, 0.1) is 18.7 Å². The summed E-state index contributed by atoms with van der Waals surface area (Å²) in [6.45, 7) is 2.59. The van der Waals surface area contributed by atoms with Gasteiger partial charge in [-0.1, -0.05) is 31.0 Å². The monoisotopic (exact) mass is 423 g/mol. The van der Waals surface area contributed by atoms with Gasteiger partial charge < -0.3 is 20.0 Å². The van der Waals surface area contributed by atoms with Crippen molar-refractivity contribution in [2.75, 3.05) is 11.4 Å². The molecule has 1 fully saturated rings. The molecule has 0 radical (unpaired) electrons. The number of benzene rings is 1. The van der Waals surface area contributed by atoms with Crippen molar-refractivity contribution >= 4 is 23.4 Å². The Morgan fingerprint density at radius 3 is 2.65 bits per heavy atom. The Hall–Kier alpha value is -3.09. The highest BCUT2D eigenvalue weighted by Crippen LogP contribution is 2.36. The van der Waals surface area contributed by atoms with Gasteiger partial charge in [-0.2, -0.15) is 0 Å². The van der Waals surface area contributed by atoms with Crippen molar-refractivity contribution in [3.05, 3.63) is 54.0 Å². The van der Waals surface area contributed by atoms with Crippen molar-refractivity contribution < 1.29 is 18.8 Å². The molecule has 164 valence electrons. The minimum Gasteiger partial charge on any atom is -0.467 e. The molecule has 1 aromatic heterocycles. The lowest BCUT2D eigenvalue weighted by atomic mass is 9.77. The fourth-order valence-electron chi connectivity index (χ4n) is 4.63. The van der Waals surface area contributed by atoms with Crippen molar-refractivity contribution in [1.82, 2.24) is 10.6 Å². The van der Waals surface area contributed by atoms with E-state index in [1.54, 1.807) is 25.3 Å². The molecule has 3 atom stereocenters. The number of anilines is 1. The molecule has 1 aromatic carbocycles. The number of nitrogens with one attached hydrogen (secondary N) is 2. The quantitative estimate of drug-likeness (QED) is 0.747. The summed E-state index contributed by atoms with van der Waals surface area (Å²) in [5, 5.41) is 5.58. The Kier molecular flexibility index (Phi) is 6.39. The van der Waals surface area contributed by atoms with Gasteiger partial charge in [-0.25, -0.2) is 0 Å². The van der Waals surface area contributed by atoms with Gasteiger partial charge >= 0.3 is 0 Å². The fourth-order valence-corrected chi connectivity index (χ4v) is 4.63. The van der Waals surface area contributed by atoms with Crippen LogP contribution in [0.1, 0.15) is 43.9 Å². The summed E-state index contributed by atoms with van der Waals surface area (Å²) in [5.74, 6) is -0.578. The molecule has 2 aliphatic rings. The van der Waals surface area contributed by atoms with Crippen LogP contribution in [0.15, 0.2) is 47.1 Å². The number of furan rings is 1. The van der Waals surface area contributed by atoms with Crippen LogP contribution in [-0.4, -0.2) is 30.3 Å². The first-order valence-electron chi connectivity index (χ1n) is 11.0. The maximum atomic E-state index is 13.4. The van der Waals surface area contributed by atoms with Gasteiger partial charge in [-0.3, -0.25) is 14.4 Å². The number of hydrogen-bond donors (Lipinski definition) is 2. The molecule has 0 bridgehead atoms. The van der Waals surface area contributed by atoms with Gasteiger partial charge in [0, 0.05) is 18.2 Å². The molecule has 0 spiro atoms. The van der Waals surface area contributed by atoms with Gasteiger partial charge in [-0.15, -0.1) is 0 Å². The maximum Gasteiger partial charge on any atom is 0.242 e. The lowest BCUT2D eigenvalue weighted by Gasteiger charge is -2.33. The van der Waals surface area contributed by atoms with E-state index in [4.69, 9.17) is 4.42 Å². The van der Waals surface area contributed by atoms with Gasteiger partial charge in [0.2, 0.25) is 17.7 Å². The minimum absolute atomic E-state index is 0.0275. The zero-order valence-electron chi connectivity index (χ0n) is 17.8. The van der Waals surface area contributed by atoms with E-state index >= 15 is 0 Å². The predicted octanol–water partition coefficient (Wildman–Crippen LogP) is 2.80. The second kappa shape index (κ2) is 9.37. The number of amides is 3. The van der Waals surface area contributed by atoms with E-state index < -0.39 is 12.0 Å². The zero-order chi connectivity index (χ0) is 21.8. The molecule has 2 aromatic rings. The summed E-state index contributed by atoms with van der Waals surface area (Å²) in [6, 6.07) is 10.8. The van der Waals surface area contributed by atoms with Crippen molar-refractivity contribution in [1.29, 1.82) is 0 Å². The van der Waals surface area contributed by atoms with Gasteiger partial charge in [0.25, 0.3) is 0 Å². The Bertz CT molecular complexity index is 940. The van der Waals surface area contributed by atoms with E-state index in [1.807, 2.05) is 23.1 Å². The van der Waals surface area contributed by atoms with E-state index in [0.717, 1.165) is 24.9 Å². The molecule has 2 heterocycles. The Morgan fingerprint density at radius 2 is 1.87 bits per heavy atom. The SMILES string of the molecule is CC(NC(=O)C1CCCCC1C(=O)N1CCc2ccccc21)C(=O)NCc1ccco1. The molecule has 2 N–H and O–H groups in total. The van der Waals surface area contributed by atoms with Crippen LogP contribution in [0.2, 0.25) is 0 Å². The number of nitrogens with zero attached hydrogens (tertiary/aromatic N) is 1. The van der Waals surface area contributed by atoms with Crippen LogP contribution in [0.3, 0.4) is 0 Å². The van der Waals surface area contributed by atoms with Gasteiger partial charge in [-0.05, 0) is 49.9 Å². The van der Waals surface area contributed by atoms with Crippen molar-refractivity contribution in [2.24, 2.45) is 11.8 Å². The van der Waals surface area contributed by atoms with E-state index in [2.05, 4.69) is 16.7 Å². The molecule has 0 saturated heterocycles. The normalized spacial score (nSPS) is 21.3. The van der Waals surface area contributed by atoms with E-state index in [0.29, 0.717) is 25.1 Å². The lowest BCUT2D eigenvalue weighted by Crippen LogP contribution is -2.50. The predicted molar refractivity (Wildman–Crippen MR) is 116 cm³/mol. The number of carbonyl (C=O) groups is 3. The van der Waals surface area contributed by atoms with Crippen molar-refractivity contribution in [2.45, 2.75) is 51.6 Å². The number of fused-ring (bicyclic) bond motifs is 1. The first-order chi connectivity index (χ1) is 15.0. The molecule has 3 unspecified atom stereocenters. The van der Waals surface area contributed by atoms with Crippen LogP contribution >= 0.6 is 0 Å². The molecule has 4 rings (SSSR count). The topological polar surface area (TPSA) is 91.7 Å². The third-order valence-electron chi connectivity index (χ3n) is 6.34. The molecule has 31 heavy (non-hydrogen) atoms. The third kappa shape index (κ3) is 4.65. The smallest absolute Gasteiger partial charge is 0.242 e. The minimum atomic E-state index is -0.687. The van der Waals surface area contributed by atoms with Crippen LogP contribution in [-0.2, 0) is 27.3 Å². The van der Waals surface area contributed by atoms with Crippen LogP contribution in [0.4, 0.5) is 5.69 Å². The van der Waals surface area contributed by atoms with E-state index in [-0.39, 0.29) is 30.2 Å². The molecule has 7 nitrogen and oxygen atoms in total. The standard InChI is InChI=1S/C24H29N3O4/c1-16(22(28)25-15-18-8-6-14-31-18)26-23(29)19-9-3-4-10-20(19)24(30)27-13-12-17-7-2-5-11-21(17)27/h2,5-8,11,14,16,19-20H,3-4,9-10,12-13,15H2,1H3,(H,25,28)(H,26,29). The summed E-state index contributed by atoms with van der Waals surface area (Å²) >= 11 is 0. The number of hydrogen-bond acceptors (Lipinski definition) is 4. The molecule has 1 aliphatic heterocycles. The van der Waals surface area contributed by atoms with Gasteiger partial charge in [0.1, 0.15) is 11.8 Å². The van der Waals surface area contributed by atoms with Crippen LogP contribution < -0.4 is 15.5 Å². The third-order valence-corrected chi connectivity index (χ3v) is 6.34. The molecular formula is C24H29N3O4. The number of rotatable bonds is 6. The van der Waals surface area contributed by atoms with Crippen LogP contribution in [0, 0.1) is 11.8 Å². The highest BCUT2D eigenvalue weighted by molar-refractivity contribution is 6.00. The second-order valence-electron chi connectivity index (χ2n) is 8.39. The molecular weight excluding hydrogens is 394 g/mol. The van der Waals surface area contributed by atoms with Gasteiger partial charge in [0.15, 0.2) is 0 Å². The first-order valence-corrected chi connectivity index (χ1v) is 11.0. The largest absolute Gasteiger partial charge is 0.467 e. The maximum absolute atomic E-state index is 13.4. The summed E-state index contributed by atoms with van der Waals surface area (Å²) in [5.41, 5.74) is 2.14. The van der Waals surface area contributed by atoms with E-state index in [1.165, 1.54) is 5.56 Å². The molecule has 3 amide bonds. The van der Waals surface area contributed by atoms with Crippen LogP contribution in [0.5, 0.6) is 0 Å². The summed E-state index contributed by atoms with van der Waals surface area (Å²) in [4.78, 5) is 40.6. The molecule has 1 saturated carbocycles. The Morgan fingerprint density at radius 1 is 1.10 bits per heavy atom. The average molecular weight is 424 g/mol. The number of carbonyl (C=O) groups excluding carboxylic acids is 3. The number of para-hydroxylation sites is 1. The Labute approximate surface area is 182 Å². The fraction of sp³-hybridized carbons (Fsp3) is 0.458. The highest BCUT2D eigenvalue weighted by Gasteiger charge is 2.40. The second-order valence-corrected chi connectivity index (χ2v) is 8.39. The van der Waals surface area contributed by atoms with Crippen molar-refractivity contribution in [3.8, 4) is 0 Å². The average Bonchev–Trinajstić information content (AvgIpc) is 3.46. The van der Waals surface area contributed by atoms with Crippen LogP contribution in [0.25, 0.3) is 0 Å². The molecule has 7 heteroatoms. The highest BCUT2D eigenvalue weighted by atomic mass is 16.3. The summed E-state index contributed by atoms with van der Waals surface area (Å²) in [7, 11) is 0. The van der Waals surface area contributed by atoms with Crippen molar-refractivity contribution in [3.63, 3.8) is 0 Å². The zero-order valence-corrected chi connectivity index (χ0v) is 17.8.